The normalized spacial score (nSPS) is 25.0. The summed E-state index contributed by atoms with van der Waals surface area (Å²) in [5, 5.41) is 8.84. The van der Waals surface area contributed by atoms with Crippen LogP contribution in [-0.2, 0) is 11.3 Å². The third kappa shape index (κ3) is 3.31. The van der Waals surface area contributed by atoms with Gasteiger partial charge in [0.2, 0.25) is 0 Å². The first-order chi connectivity index (χ1) is 8.54. The van der Waals surface area contributed by atoms with E-state index in [-0.39, 0.29) is 12.2 Å². The summed E-state index contributed by atoms with van der Waals surface area (Å²) >= 11 is 0. The predicted molar refractivity (Wildman–Crippen MR) is 68.7 cm³/mol. The Bertz CT molecular complexity index is 406. The van der Waals surface area contributed by atoms with Gasteiger partial charge in [-0.15, -0.1) is 0 Å². The molecule has 4 nitrogen and oxygen atoms in total. The van der Waals surface area contributed by atoms with Crippen LogP contribution in [0.5, 0.6) is 0 Å². The van der Waals surface area contributed by atoms with Gasteiger partial charge >= 0.3 is 5.97 Å². The van der Waals surface area contributed by atoms with Crippen molar-refractivity contribution < 1.29 is 14.6 Å². The number of benzene rings is 1. The second-order valence-corrected chi connectivity index (χ2v) is 4.95. The van der Waals surface area contributed by atoms with Crippen LogP contribution in [-0.4, -0.2) is 41.3 Å². The molecule has 0 bridgehead atoms. The molecule has 1 aliphatic rings. The van der Waals surface area contributed by atoms with Gasteiger partial charge in [-0.3, -0.25) is 4.90 Å². The van der Waals surface area contributed by atoms with Gasteiger partial charge in [0.25, 0.3) is 0 Å². The zero-order valence-corrected chi connectivity index (χ0v) is 10.8. The largest absolute Gasteiger partial charge is 0.478 e. The number of carboxylic acid groups (broad SMARTS) is 1. The number of hydrogen-bond acceptors (Lipinski definition) is 3. The zero-order chi connectivity index (χ0) is 13.1. The minimum atomic E-state index is -0.879. The highest BCUT2D eigenvalue weighted by Crippen LogP contribution is 2.14. The fourth-order valence-electron chi connectivity index (χ4n) is 2.42. The SMILES string of the molecule is C[C@H]1CN(Cc2ccc(C(=O)O)cc2)C[C@H](C)O1. The van der Waals surface area contributed by atoms with Gasteiger partial charge in [0.1, 0.15) is 0 Å². The first kappa shape index (κ1) is 13.1. The van der Waals surface area contributed by atoms with Crippen molar-refractivity contribution in [3.05, 3.63) is 35.4 Å². The molecule has 98 valence electrons. The van der Waals surface area contributed by atoms with Crippen molar-refractivity contribution in [3.8, 4) is 0 Å². The molecule has 0 spiro atoms. The molecule has 1 saturated heterocycles. The molecule has 0 unspecified atom stereocenters. The van der Waals surface area contributed by atoms with E-state index in [9.17, 15) is 4.79 Å². The lowest BCUT2D eigenvalue weighted by molar-refractivity contribution is -0.0704. The Hall–Kier alpha value is -1.39. The van der Waals surface area contributed by atoms with Gasteiger partial charge in [0.15, 0.2) is 0 Å². The van der Waals surface area contributed by atoms with Crippen LogP contribution in [0.1, 0.15) is 29.8 Å². The first-order valence-electron chi connectivity index (χ1n) is 6.24. The van der Waals surface area contributed by atoms with E-state index in [2.05, 4.69) is 18.7 Å². The van der Waals surface area contributed by atoms with E-state index in [1.165, 1.54) is 0 Å². The van der Waals surface area contributed by atoms with E-state index in [0.29, 0.717) is 5.56 Å². The summed E-state index contributed by atoms with van der Waals surface area (Å²) in [7, 11) is 0. The lowest BCUT2D eigenvalue weighted by Crippen LogP contribution is -2.44. The summed E-state index contributed by atoms with van der Waals surface area (Å²) in [6.45, 7) is 6.85. The number of aromatic carboxylic acids is 1. The third-order valence-corrected chi connectivity index (χ3v) is 3.10. The highest BCUT2D eigenvalue weighted by atomic mass is 16.5. The molecule has 1 fully saturated rings. The van der Waals surface area contributed by atoms with Gasteiger partial charge in [0.05, 0.1) is 17.8 Å². The number of hydrogen-bond donors (Lipinski definition) is 1. The Balaban J connectivity index is 1.98. The summed E-state index contributed by atoms with van der Waals surface area (Å²) in [4.78, 5) is 13.1. The molecule has 18 heavy (non-hydrogen) atoms. The maximum atomic E-state index is 10.8. The number of nitrogens with zero attached hydrogens (tertiary/aromatic N) is 1. The van der Waals surface area contributed by atoms with Gasteiger partial charge in [-0.05, 0) is 31.5 Å². The van der Waals surface area contributed by atoms with Crippen molar-refractivity contribution in [2.45, 2.75) is 32.6 Å². The van der Waals surface area contributed by atoms with E-state index in [1.807, 2.05) is 12.1 Å². The fourth-order valence-corrected chi connectivity index (χ4v) is 2.42. The maximum Gasteiger partial charge on any atom is 0.335 e. The highest BCUT2D eigenvalue weighted by molar-refractivity contribution is 5.87. The van der Waals surface area contributed by atoms with Gasteiger partial charge in [-0.1, -0.05) is 12.1 Å². The zero-order valence-electron chi connectivity index (χ0n) is 10.8. The minimum absolute atomic E-state index is 0.257. The Morgan fingerprint density at radius 2 is 1.83 bits per heavy atom. The van der Waals surface area contributed by atoms with E-state index >= 15 is 0 Å². The van der Waals surface area contributed by atoms with Crippen molar-refractivity contribution in [3.63, 3.8) is 0 Å². The van der Waals surface area contributed by atoms with E-state index in [0.717, 1.165) is 25.2 Å². The van der Waals surface area contributed by atoms with Crippen molar-refractivity contribution in [2.24, 2.45) is 0 Å². The molecule has 0 aromatic heterocycles. The van der Waals surface area contributed by atoms with Crippen molar-refractivity contribution in [2.75, 3.05) is 13.1 Å². The fraction of sp³-hybridized carbons (Fsp3) is 0.500. The number of rotatable bonds is 3. The average Bonchev–Trinajstić information content (AvgIpc) is 2.28. The van der Waals surface area contributed by atoms with Crippen LogP contribution in [0.15, 0.2) is 24.3 Å². The molecule has 1 heterocycles. The van der Waals surface area contributed by atoms with Crippen LogP contribution >= 0.6 is 0 Å². The molecular weight excluding hydrogens is 230 g/mol. The molecule has 1 aromatic rings. The van der Waals surface area contributed by atoms with Crippen LogP contribution in [0.25, 0.3) is 0 Å². The molecular formula is C14H19NO3. The number of carboxylic acids is 1. The summed E-state index contributed by atoms with van der Waals surface area (Å²) in [6.07, 6.45) is 0.513. The molecule has 1 N–H and O–H groups in total. The Morgan fingerprint density at radius 1 is 1.28 bits per heavy atom. The predicted octanol–water partition coefficient (Wildman–Crippen LogP) is 1.99. The average molecular weight is 249 g/mol. The maximum absolute atomic E-state index is 10.8. The molecule has 4 heteroatoms. The van der Waals surface area contributed by atoms with Gasteiger partial charge < -0.3 is 9.84 Å². The number of ether oxygens (including phenoxy) is 1. The lowest BCUT2D eigenvalue weighted by atomic mass is 10.1. The van der Waals surface area contributed by atoms with Crippen molar-refractivity contribution in [1.29, 1.82) is 0 Å². The van der Waals surface area contributed by atoms with Crippen molar-refractivity contribution >= 4 is 5.97 Å². The quantitative estimate of drug-likeness (QED) is 0.890. The monoisotopic (exact) mass is 249 g/mol. The molecule has 1 aliphatic heterocycles. The summed E-state index contributed by atoms with van der Waals surface area (Å²) < 4.78 is 5.69. The molecule has 2 atom stereocenters. The summed E-state index contributed by atoms with van der Waals surface area (Å²) in [5.41, 5.74) is 1.48. The molecule has 0 amide bonds. The Labute approximate surface area is 107 Å². The van der Waals surface area contributed by atoms with Crippen LogP contribution in [0.4, 0.5) is 0 Å². The lowest BCUT2D eigenvalue weighted by Gasteiger charge is -2.35. The Kier molecular flexibility index (Phi) is 3.99. The summed E-state index contributed by atoms with van der Waals surface area (Å²) in [5.74, 6) is -0.879. The topological polar surface area (TPSA) is 49.8 Å². The standard InChI is InChI=1S/C14H19NO3/c1-10-7-15(8-11(2)18-10)9-12-3-5-13(6-4-12)14(16)17/h3-6,10-11H,7-9H2,1-2H3,(H,16,17)/t10-,11-/m0/s1. The van der Waals surface area contributed by atoms with Crippen LogP contribution < -0.4 is 0 Å². The van der Waals surface area contributed by atoms with E-state index in [4.69, 9.17) is 9.84 Å². The molecule has 0 aliphatic carbocycles. The van der Waals surface area contributed by atoms with Gasteiger partial charge in [-0.25, -0.2) is 4.79 Å². The molecule has 0 radical (unpaired) electrons. The van der Waals surface area contributed by atoms with Crippen LogP contribution in [0, 0.1) is 0 Å². The smallest absolute Gasteiger partial charge is 0.335 e. The van der Waals surface area contributed by atoms with E-state index in [1.54, 1.807) is 12.1 Å². The summed E-state index contributed by atoms with van der Waals surface area (Å²) in [6, 6.07) is 7.08. The number of morpholine rings is 1. The van der Waals surface area contributed by atoms with Crippen LogP contribution in [0.2, 0.25) is 0 Å². The van der Waals surface area contributed by atoms with E-state index < -0.39 is 5.97 Å². The van der Waals surface area contributed by atoms with Gasteiger partial charge in [-0.2, -0.15) is 0 Å². The Morgan fingerprint density at radius 3 is 2.33 bits per heavy atom. The van der Waals surface area contributed by atoms with Crippen molar-refractivity contribution in [1.82, 2.24) is 4.90 Å². The first-order valence-corrected chi connectivity index (χ1v) is 6.24. The number of carbonyl (C=O) groups is 1. The highest BCUT2D eigenvalue weighted by Gasteiger charge is 2.21. The molecule has 1 aromatic carbocycles. The molecule has 2 rings (SSSR count). The second kappa shape index (κ2) is 5.50. The van der Waals surface area contributed by atoms with Gasteiger partial charge in [0, 0.05) is 19.6 Å². The third-order valence-electron chi connectivity index (χ3n) is 3.10. The van der Waals surface area contributed by atoms with Crippen LogP contribution in [0.3, 0.4) is 0 Å². The molecule has 0 saturated carbocycles. The second-order valence-electron chi connectivity index (χ2n) is 4.95. The minimum Gasteiger partial charge on any atom is -0.478 e.